The van der Waals surface area contributed by atoms with E-state index in [1.165, 1.54) is 10.4 Å². The summed E-state index contributed by atoms with van der Waals surface area (Å²) in [4.78, 5) is 32.0. The Morgan fingerprint density at radius 1 is 1.19 bits per heavy atom. The zero-order chi connectivity index (χ0) is 25.7. The topological polar surface area (TPSA) is 49.9 Å². The molecule has 1 aromatic heterocycles. The third-order valence-electron chi connectivity index (χ3n) is 6.76. The summed E-state index contributed by atoms with van der Waals surface area (Å²) in [7, 11) is 0. The number of carbonyl (C=O) groups excluding carboxylic acids is 2. The van der Waals surface area contributed by atoms with Gasteiger partial charge in [-0.3, -0.25) is 9.59 Å². The van der Waals surface area contributed by atoms with Gasteiger partial charge in [0.25, 0.3) is 5.91 Å². The van der Waals surface area contributed by atoms with Gasteiger partial charge in [0.05, 0.1) is 6.04 Å². The fourth-order valence-corrected chi connectivity index (χ4v) is 5.59. The monoisotopic (exact) mass is 524 g/mol. The van der Waals surface area contributed by atoms with Crippen molar-refractivity contribution in [2.24, 2.45) is 5.92 Å². The number of ether oxygens (including phenoxy) is 1. The molecule has 0 aliphatic carbocycles. The lowest BCUT2D eigenvalue weighted by Crippen LogP contribution is -2.48. The van der Waals surface area contributed by atoms with E-state index in [4.69, 9.17) is 16.3 Å². The molecule has 2 aromatic carbocycles. The van der Waals surface area contributed by atoms with Gasteiger partial charge in [-0.25, -0.2) is 0 Å². The lowest BCUT2D eigenvalue weighted by Gasteiger charge is -2.37. The highest BCUT2D eigenvalue weighted by atomic mass is 35.5. The van der Waals surface area contributed by atoms with Crippen molar-refractivity contribution in [2.45, 2.75) is 39.7 Å². The van der Waals surface area contributed by atoms with Gasteiger partial charge in [0.15, 0.2) is 0 Å². The number of benzene rings is 2. The molecule has 2 atom stereocenters. The second-order valence-electron chi connectivity index (χ2n) is 9.49. The molecule has 2 heterocycles. The minimum atomic E-state index is -0.194. The highest BCUT2D eigenvalue weighted by Gasteiger charge is 2.34. The van der Waals surface area contributed by atoms with E-state index in [9.17, 15) is 9.59 Å². The Balaban J connectivity index is 1.54. The lowest BCUT2D eigenvalue weighted by molar-refractivity contribution is -0.135. The summed E-state index contributed by atoms with van der Waals surface area (Å²) in [6.45, 7) is 7.74. The van der Waals surface area contributed by atoms with Crippen LogP contribution in [-0.2, 0) is 11.2 Å². The van der Waals surface area contributed by atoms with Crippen LogP contribution in [0.2, 0.25) is 5.02 Å². The standard InChI is InChI=1S/C29H33ClN2O3S/c1-4-20(2)17-31(29(34)22-6-5-7-23(30)16-22)18-28(33)32-14-12-27-25(13-15-36-27)26(32)19-35-24-10-8-21(3)9-11-24/h5-11,13,15-16,20,26H,4,12,14,17-19H2,1-3H3/t20-,26+/m0/s1. The van der Waals surface area contributed by atoms with Gasteiger partial charge in [0, 0.05) is 28.6 Å². The Labute approximate surface area is 222 Å². The van der Waals surface area contributed by atoms with Gasteiger partial charge < -0.3 is 14.5 Å². The summed E-state index contributed by atoms with van der Waals surface area (Å²) in [5.41, 5.74) is 2.81. The van der Waals surface area contributed by atoms with Crippen LogP contribution in [0, 0.1) is 12.8 Å². The number of rotatable bonds is 9. The van der Waals surface area contributed by atoms with Crippen LogP contribution in [0.1, 0.15) is 52.7 Å². The summed E-state index contributed by atoms with van der Waals surface area (Å²) in [6, 6.07) is 16.8. The van der Waals surface area contributed by atoms with E-state index in [2.05, 4.69) is 25.3 Å². The minimum absolute atomic E-state index is 0.0240. The average molecular weight is 525 g/mol. The lowest BCUT2D eigenvalue weighted by atomic mass is 10.00. The zero-order valence-corrected chi connectivity index (χ0v) is 22.6. The van der Waals surface area contributed by atoms with Crippen molar-refractivity contribution < 1.29 is 14.3 Å². The van der Waals surface area contributed by atoms with Gasteiger partial charge in [-0.15, -0.1) is 11.3 Å². The van der Waals surface area contributed by atoms with Crippen molar-refractivity contribution in [1.29, 1.82) is 0 Å². The molecule has 0 radical (unpaired) electrons. The van der Waals surface area contributed by atoms with Crippen LogP contribution in [0.3, 0.4) is 0 Å². The molecule has 0 spiro atoms. The number of fused-ring (bicyclic) bond motifs is 1. The van der Waals surface area contributed by atoms with Crippen molar-refractivity contribution >= 4 is 34.8 Å². The van der Waals surface area contributed by atoms with E-state index in [-0.39, 0.29) is 30.3 Å². The van der Waals surface area contributed by atoms with E-state index < -0.39 is 0 Å². The van der Waals surface area contributed by atoms with Gasteiger partial charge in [-0.1, -0.05) is 55.6 Å². The van der Waals surface area contributed by atoms with Crippen molar-refractivity contribution in [3.05, 3.63) is 86.6 Å². The SMILES string of the molecule is CC[C@H](C)CN(CC(=O)N1CCc2sccc2[C@H]1COc1ccc(C)cc1)C(=O)c1cccc(Cl)c1. The first-order chi connectivity index (χ1) is 17.4. The van der Waals surface area contributed by atoms with Crippen LogP contribution in [-0.4, -0.2) is 47.9 Å². The number of hydrogen-bond donors (Lipinski definition) is 0. The normalized spacial score (nSPS) is 15.8. The smallest absolute Gasteiger partial charge is 0.254 e. The third-order valence-corrected chi connectivity index (χ3v) is 7.99. The molecule has 0 bridgehead atoms. The number of carbonyl (C=O) groups is 2. The number of hydrogen-bond acceptors (Lipinski definition) is 4. The summed E-state index contributed by atoms with van der Waals surface area (Å²) < 4.78 is 6.14. The fourth-order valence-electron chi connectivity index (χ4n) is 4.47. The maximum Gasteiger partial charge on any atom is 0.254 e. The number of halogens is 1. The molecule has 0 saturated carbocycles. The maximum atomic E-state index is 13.7. The highest BCUT2D eigenvalue weighted by Crippen LogP contribution is 2.34. The molecule has 5 nitrogen and oxygen atoms in total. The van der Waals surface area contributed by atoms with Crippen molar-refractivity contribution in [1.82, 2.24) is 9.80 Å². The Morgan fingerprint density at radius 2 is 1.97 bits per heavy atom. The second-order valence-corrected chi connectivity index (χ2v) is 10.9. The predicted molar refractivity (Wildman–Crippen MR) is 146 cm³/mol. The molecular formula is C29H33ClN2O3S. The van der Waals surface area contributed by atoms with E-state index in [0.717, 1.165) is 24.2 Å². The van der Waals surface area contributed by atoms with E-state index in [1.54, 1.807) is 40.5 Å². The molecule has 0 N–H and O–H groups in total. The van der Waals surface area contributed by atoms with Gasteiger partial charge in [-0.2, -0.15) is 0 Å². The second kappa shape index (κ2) is 11.9. The van der Waals surface area contributed by atoms with Crippen LogP contribution in [0.15, 0.2) is 60.0 Å². The van der Waals surface area contributed by atoms with Gasteiger partial charge in [0.1, 0.15) is 18.9 Å². The van der Waals surface area contributed by atoms with E-state index >= 15 is 0 Å². The highest BCUT2D eigenvalue weighted by molar-refractivity contribution is 7.10. The van der Waals surface area contributed by atoms with Gasteiger partial charge in [-0.05, 0) is 66.6 Å². The number of amides is 2. The summed E-state index contributed by atoms with van der Waals surface area (Å²) in [5, 5.41) is 2.58. The van der Waals surface area contributed by atoms with Crippen LogP contribution in [0.4, 0.5) is 0 Å². The maximum absolute atomic E-state index is 13.7. The Bertz CT molecular complexity index is 1190. The molecule has 190 valence electrons. The minimum Gasteiger partial charge on any atom is -0.491 e. The van der Waals surface area contributed by atoms with Gasteiger partial charge in [0.2, 0.25) is 5.91 Å². The molecule has 1 aliphatic heterocycles. The average Bonchev–Trinajstić information content (AvgIpc) is 3.36. The van der Waals surface area contributed by atoms with Crippen LogP contribution in [0.25, 0.3) is 0 Å². The molecule has 0 saturated heterocycles. The molecule has 36 heavy (non-hydrogen) atoms. The Kier molecular flexibility index (Phi) is 8.70. The first-order valence-electron chi connectivity index (χ1n) is 12.5. The number of nitrogens with zero attached hydrogens (tertiary/aromatic N) is 2. The zero-order valence-electron chi connectivity index (χ0n) is 21.1. The van der Waals surface area contributed by atoms with Crippen molar-refractivity contribution in [2.75, 3.05) is 26.2 Å². The molecule has 0 unspecified atom stereocenters. The molecule has 2 amide bonds. The molecule has 1 aliphatic rings. The first kappa shape index (κ1) is 26.2. The van der Waals surface area contributed by atoms with Crippen LogP contribution < -0.4 is 4.74 Å². The molecular weight excluding hydrogens is 492 g/mol. The first-order valence-corrected chi connectivity index (χ1v) is 13.7. The fraction of sp³-hybridized carbons (Fsp3) is 0.379. The molecule has 0 fully saturated rings. The summed E-state index contributed by atoms with van der Waals surface area (Å²) in [6.07, 6.45) is 1.73. The Morgan fingerprint density at radius 3 is 2.69 bits per heavy atom. The quantitative estimate of drug-likeness (QED) is 0.325. The van der Waals surface area contributed by atoms with Crippen molar-refractivity contribution in [3.8, 4) is 5.75 Å². The largest absolute Gasteiger partial charge is 0.491 e. The summed E-state index contributed by atoms with van der Waals surface area (Å²) in [5.74, 6) is 0.811. The number of thiophene rings is 1. The van der Waals surface area contributed by atoms with E-state index in [0.29, 0.717) is 30.3 Å². The van der Waals surface area contributed by atoms with E-state index in [1.807, 2.05) is 36.1 Å². The Hall–Kier alpha value is -2.83. The molecule has 4 rings (SSSR count). The molecule has 7 heteroatoms. The predicted octanol–water partition coefficient (Wildman–Crippen LogP) is 6.40. The summed E-state index contributed by atoms with van der Waals surface area (Å²) >= 11 is 7.87. The third kappa shape index (κ3) is 6.29. The van der Waals surface area contributed by atoms with Crippen molar-refractivity contribution in [3.63, 3.8) is 0 Å². The molecule has 3 aromatic rings. The van der Waals surface area contributed by atoms with Gasteiger partial charge >= 0.3 is 0 Å². The number of aryl methyl sites for hydroxylation is 1. The van der Waals surface area contributed by atoms with Crippen LogP contribution >= 0.6 is 22.9 Å². The van der Waals surface area contributed by atoms with Crippen LogP contribution in [0.5, 0.6) is 5.75 Å².